The van der Waals surface area contributed by atoms with Gasteiger partial charge in [-0.05, 0) is 37.1 Å². The maximum absolute atomic E-state index is 11.8. The zero-order valence-electron chi connectivity index (χ0n) is 9.82. The standard InChI is InChI=1S/C14H17BrO2/c15-12-5-7-13(8-6-12)17-10-9-14(16)11-3-1-2-4-11/h5-8,11H,1-4,9-10H2. The van der Waals surface area contributed by atoms with Crippen LogP contribution >= 0.6 is 15.9 Å². The molecule has 1 aliphatic rings. The quantitative estimate of drug-likeness (QED) is 0.821. The zero-order chi connectivity index (χ0) is 12.1. The lowest BCUT2D eigenvalue weighted by molar-refractivity contribution is -0.123. The van der Waals surface area contributed by atoms with E-state index in [-0.39, 0.29) is 0 Å². The third-order valence-electron chi connectivity index (χ3n) is 3.24. The van der Waals surface area contributed by atoms with Gasteiger partial charge >= 0.3 is 0 Å². The molecule has 1 aromatic rings. The van der Waals surface area contributed by atoms with Crippen molar-refractivity contribution in [2.45, 2.75) is 32.1 Å². The van der Waals surface area contributed by atoms with Crippen molar-refractivity contribution in [3.05, 3.63) is 28.7 Å². The third kappa shape index (κ3) is 3.84. The van der Waals surface area contributed by atoms with Gasteiger partial charge in [0.05, 0.1) is 6.61 Å². The highest BCUT2D eigenvalue weighted by atomic mass is 79.9. The average Bonchev–Trinajstić information content (AvgIpc) is 2.85. The minimum Gasteiger partial charge on any atom is -0.493 e. The lowest BCUT2D eigenvalue weighted by Gasteiger charge is -2.09. The Balaban J connectivity index is 1.72. The first-order valence-corrected chi connectivity index (χ1v) is 6.96. The summed E-state index contributed by atoms with van der Waals surface area (Å²) in [5, 5.41) is 0. The number of ketones is 1. The molecule has 1 saturated carbocycles. The summed E-state index contributed by atoms with van der Waals surface area (Å²) in [5.74, 6) is 1.51. The first-order chi connectivity index (χ1) is 8.25. The van der Waals surface area contributed by atoms with E-state index in [1.807, 2.05) is 24.3 Å². The topological polar surface area (TPSA) is 26.3 Å². The second-order valence-electron chi connectivity index (χ2n) is 4.50. The second-order valence-corrected chi connectivity index (χ2v) is 5.42. The molecule has 2 nitrogen and oxygen atoms in total. The van der Waals surface area contributed by atoms with Crippen LogP contribution in [0.15, 0.2) is 28.7 Å². The van der Waals surface area contributed by atoms with Gasteiger partial charge in [0, 0.05) is 16.8 Å². The van der Waals surface area contributed by atoms with Crippen LogP contribution in [0.3, 0.4) is 0 Å². The van der Waals surface area contributed by atoms with Crippen molar-refractivity contribution in [2.24, 2.45) is 5.92 Å². The van der Waals surface area contributed by atoms with Gasteiger partial charge in [-0.2, -0.15) is 0 Å². The van der Waals surface area contributed by atoms with E-state index in [1.165, 1.54) is 12.8 Å². The number of benzene rings is 1. The van der Waals surface area contributed by atoms with Gasteiger partial charge in [0.1, 0.15) is 11.5 Å². The Morgan fingerprint density at radius 2 is 1.88 bits per heavy atom. The highest BCUT2D eigenvalue weighted by Crippen LogP contribution is 2.26. The van der Waals surface area contributed by atoms with Crippen molar-refractivity contribution in [1.82, 2.24) is 0 Å². The van der Waals surface area contributed by atoms with Crippen LogP contribution in [-0.4, -0.2) is 12.4 Å². The van der Waals surface area contributed by atoms with Crippen molar-refractivity contribution < 1.29 is 9.53 Å². The minimum atomic E-state index is 0.309. The Labute approximate surface area is 110 Å². The molecule has 92 valence electrons. The highest BCUT2D eigenvalue weighted by molar-refractivity contribution is 9.10. The van der Waals surface area contributed by atoms with Crippen molar-refractivity contribution in [1.29, 1.82) is 0 Å². The molecule has 0 bridgehead atoms. The summed E-state index contributed by atoms with van der Waals surface area (Å²) in [6.45, 7) is 0.497. The average molecular weight is 297 g/mol. The Morgan fingerprint density at radius 3 is 2.53 bits per heavy atom. The van der Waals surface area contributed by atoms with Crippen molar-refractivity contribution >= 4 is 21.7 Å². The lowest BCUT2D eigenvalue weighted by Crippen LogP contribution is -2.14. The molecule has 0 unspecified atom stereocenters. The molecule has 0 saturated heterocycles. The van der Waals surface area contributed by atoms with Crippen molar-refractivity contribution in [2.75, 3.05) is 6.61 Å². The SMILES string of the molecule is O=C(CCOc1ccc(Br)cc1)C1CCCC1. The number of Topliss-reactive ketones (excluding diaryl/α,β-unsaturated/α-hetero) is 1. The van der Waals surface area contributed by atoms with Crippen LogP contribution in [0.25, 0.3) is 0 Å². The van der Waals surface area contributed by atoms with Crippen LogP contribution in [0.1, 0.15) is 32.1 Å². The van der Waals surface area contributed by atoms with Crippen LogP contribution in [0, 0.1) is 5.92 Å². The fraction of sp³-hybridized carbons (Fsp3) is 0.500. The van der Waals surface area contributed by atoms with Crippen LogP contribution in [0.2, 0.25) is 0 Å². The van der Waals surface area contributed by atoms with Crippen LogP contribution in [-0.2, 0) is 4.79 Å². The molecule has 17 heavy (non-hydrogen) atoms. The van der Waals surface area contributed by atoms with Gasteiger partial charge in [-0.1, -0.05) is 28.8 Å². The van der Waals surface area contributed by atoms with Crippen LogP contribution in [0.4, 0.5) is 0 Å². The molecule has 0 atom stereocenters. The molecule has 2 rings (SSSR count). The van der Waals surface area contributed by atoms with Gasteiger partial charge in [-0.3, -0.25) is 4.79 Å². The molecule has 1 fully saturated rings. The molecule has 0 amide bonds. The van der Waals surface area contributed by atoms with E-state index >= 15 is 0 Å². The molecule has 0 aromatic heterocycles. The molecule has 0 N–H and O–H groups in total. The molecule has 0 aliphatic heterocycles. The van der Waals surface area contributed by atoms with Gasteiger partial charge < -0.3 is 4.74 Å². The van der Waals surface area contributed by atoms with E-state index in [1.54, 1.807) is 0 Å². The van der Waals surface area contributed by atoms with E-state index in [4.69, 9.17) is 4.74 Å². The predicted octanol–water partition coefficient (Wildman–Crippen LogP) is 3.98. The van der Waals surface area contributed by atoms with E-state index in [9.17, 15) is 4.79 Å². The Morgan fingerprint density at radius 1 is 1.24 bits per heavy atom. The minimum absolute atomic E-state index is 0.309. The largest absolute Gasteiger partial charge is 0.493 e. The predicted molar refractivity (Wildman–Crippen MR) is 71.2 cm³/mol. The summed E-state index contributed by atoms with van der Waals surface area (Å²) < 4.78 is 6.58. The summed E-state index contributed by atoms with van der Waals surface area (Å²) in [6, 6.07) is 7.69. The van der Waals surface area contributed by atoms with Crippen LogP contribution in [0.5, 0.6) is 5.75 Å². The lowest BCUT2D eigenvalue weighted by atomic mass is 10.0. The molecule has 0 spiro atoms. The van der Waals surface area contributed by atoms with Gasteiger partial charge in [0.15, 0.2) is 0 Å². The zero-order valence-corrected chi connectivity index (χ0v) is 11.4. The van der Waals surface area contributed by atoms with Gasteiger partial charge in [-0.25, -0.2) is 0 Å². The fourth-order valence-electron chi connectivity index (χ4n) is 2.25. The summed E-state index contributed by atoms with van der Waals surface area (Å²) >= 11 is 3.37. The van der Waals surface area contributed by atoms with Gasteiger partial charge in [0.25, 0.3) is 0 Å². The number of rotatable bonds is 5. The molecule has 1 aliphatic carbocycles. The Hall–Kier alpha value is -0.830. The maximum atomic E-state index is 11.8. The van der Waals surface area contributed by atoms with Crippen LogP contribution < -0.4 is 4.74 Å². The van der Waals surface area contributed by atoms with E-state index < -0.39 is 0 Å². The Kier molecular flexibility index (Phi) is 4.60. The van der Waals surface area contributed by atoms with Crippen molar-refractivity contribution in [3.8, 4) is 5.75 Å². The highest BCUT2D eigenvalue weighted by Gasteiger charge is 2.21. The number of ether oxygens (including phenoxy) is 1. The molecule has 0 radical (unpaired) electrons. The molecule has 3 heteroatoms. The number of carbonyl (C=O) groups is 1. The molecular weight excluding hydrogens is 280 g/mol. The Bertz CT molecular complexity index is 366. The number of hydrogen-bond acceptors (Lipinski definition) is 2. The van der Waals surface area contributed by atoms with E-state index in [2.05, 4.69) is 15.9 Å². The third-order valence-corrected chi connectivity index (χ3v) is 3.77. The van der Waals surface area contributed by atoms with Gasteiger partial charge in [0.2, 0.25) is 0 Å². The summed E-state index contributed by atoms with van der Waals surface area (Å²) in [4.78, 5) is 11.8. The fourth-order valence-corrected chi connectivity index (χ4v) is 2.52. The smallest absolute Gasteiger partial charge is 0.139 e. The summed E-state index contributed by atoms with van der Waals surface area (Å²) in [6.07, 6.45) is 5.13. The van der Waals surface area contributed by atoms with Crippen molar-refractivity contribution in [3.63, 3.8) is 0 Å². The second kappa shape index (κ2) is 6.20. The number of hydrogen-bond donors (Lipinski definition) is 0. The normalized spacial score (nSPS) is 16.1. The number of carbonyl (C=O) groups excluding carboxylic acids is 1. The van der Waals surface area contributed by atoms with E-state index in [0.29, 0.717) is 24.7 Å². The van der Waals surface area contributed by atoms with E-state index in [0.717, 1.165) is 23.1 Å². The first-order valence-electron chi connectivity index (χ1n) is 6.17. The summed E-state index contributed by atoms with van der Waals surface area (Å²) in [5.41, 5.74) is 0. The van der Waals surface area contributed by atoms with Gasteiger partial charge in [-0.15, -0.1) is 0 Å². The summed E-state index contributed by atoms with van der Waals surface area (Å²) in [7, 11) is 0. The monoisotopic (exact) mass is 296 g/mol. The molecule has 1 aromatic carbocycles. The molecular formula is C14H17BrO2. The molecule has 0 heterocycles. The maximum Gasteiger partial charge on any atom is 0.139 e. The first kappa shape index (κ1) is 12.6. The number of halogens is 1.